The number of fused-ring (bicyclic) bond motifs is 1. The SMILES string of the molecule is O=C(NC1CCCCC1O)c1cc2c(s1)CCC2. The Hall–Kier alpha value is -0.870. The van der Waals surface area contributed by atoms with Gasteiger partial charge in [0.15, 0.2) is 0 Å². The number of thiophene rings is 1. The van der Waals surface area contributed by atoms with Crippen LogP contribution in [-0.2, 0) is 12.8 Å². The topological polar surface area (TPSA) is 49.3 Å². The number of hydrogen-bond donors (Lipinski definition) is 2. The fourth-order valence-electron chi connectivity index (χ4n) is 2.96. The summed E-state index contributed by atoms with van der Waals surface area (Å²) in [4.78, 5) is 14.3. The van der Waals surface area contributed by atoms with Crippen molar-refractivity contribution in [2.75, 3.05) is 0 Å². The van der Waals surface area contributed by atoms with Crippen LogP contribution in [0.3, 0.4) is 0 Å². The Labute approximate surface area is 111 Å². The normalized spacial score (nSPS) is 26.9. The number of aliphatic hydroxyl groups is 1. The Balaban J connectivity index is 1.66. The van der Waals surface area contributed by atoms with Gasteiger partial charge in [-0.1, -0.05) is 12.8 Å². The van der Waals surface area contributed by atoms with E-state index in [-0.39, 0.29) is 18.1 Å². The average molecular weight is 265 g/mol. The highest BCUT2D eigenvalue weighted by Crippen LogP contribution is 2.30. The summed E-state index contributed by atoms with van der Waals surface area (Å²) in [5, 5.41) is 12.9. The number of nitrogens with one attached hydrogen (secondary N) is 1. The van der Waals surface area contributed by atoms with Crippen LogP contribution in [0.4, 0.5) is 0 Å². The van der Waals surface area contributed by atoms with Gasteiger partial charge in [0.05, 0.1) is 17.0 Å². The number of amides is 1. The first-order valence-electron chi connectivity index (χ1n) is 6.84. The van der Waals surface area contributed by atoms with E-state index in [9.17, 15) is 9.90 Å². The van der Waals surface area contributed by atoms with E-state index in [1.54, 1.807) is 11.3 Å². The molecular formula is C14H19NO2S. The zero-order chi connectivity index (χ0) is 12.5. The second kappa shape index (κ2) is 5.02. The second-order valence-corrected chi connectivity index (χ2v) is 6.48. The summed E-state index contributed by atoms with van der Waals surface area (Å²) in [6.07, 6.45) is 6.98. The molecule has 1 fully saturated rings. The van der Waals surface area contributed by atoms with Crippen LogP contribution < -0.4 is 5.32 Å². The van der Waals surface area contributed by atoms with Crippen LogP contribution in [0.25, 0.3) is 0 Å². The fraction of sp³-hybridized carbons (Fsp3) is 0.643. The molecular weight excluding hydrogens is 246 g/mol. The van der Waals surface area contributed by atoms with Crippen LogP contribution in [0.5, 0.6) is 0 Å². The van der Waals surface area contributed by atoms with Crippen LogP contribution >= 0.6 is 11.3 Å². The molecule has 1 aromatic rings. The van der Waals surface area contributed by atoms with Crippen molar-refractivity contribution < 1.29 is 9.90 Å². The first kappa shape index (κ1) is 12.2. The summed E-state index contributed by atoms with van der Waals surface area (Å²) in [6.45, 7) is 0. The molecule has 18 heavy (non-hydrogen) atoms. The van der Waals surface area contributed by atoms with Crippen molar-refractivity contribution in [1.82, 2.24) is 5.32 Å². The van der Waals surface area contributed by atoms with Crippen molar-refractivity contribution in [3.05, 3.63) is 21.4 Å². The van der Waals surface area contributed by atoms with Crippen LogP contribution in [0, 0.1) is 0 Å². The van der Waals surface area contributed by atoms with Crippen LogP contribution in [0.15, 0.2) is 6.07 Å². The van der Waals surface area contributed by atoms with Gasteiger partial charge >= 0.3 is 0 Å². The highest BCUT2D eigenvalue weighted by molar-refractivity contribution is 7.14. The molecule has 1 aromatic heterocycles. The molecule has 98 valence electrons. The fourth-order valence-corrected chi connectivity index (χ4v) is 4.12. The minimum atomic E-state index is -0.366. The minimum Gasteiger partial charge on any atom is -0.391 e. The lowest BCUT2D eigenvalue weighted by Crippen LogP contribution is -2.44. The third kappa shape index (κ3) is 2.31. The van der Waals surface area contributed by atoms with Gasteiger partial charge in [0.1, 0.15) is 0 Å². The van der Waals surface area contributed by atoms with E-state index in [1.807, 2.05) is 6.07 Å². The van der Waals surface area contributed by atoms with Crippen LogP contribution in [0.1, 0.15) is 52.2 Å². The molecule has 0 aromatic carbocycles. The third-order valence-electron chi connectivity index (χ3n) is 4.02. The smallest absolute Gasteiger partial charge is 0.261 e. The first-order chi connectivity index (χ1) is 8.74. The third-order valence-corrected chi connectivity index (χ3v) is 5.25. The summed E-state index contributed by atoms with van der Waals surface area (Å²) < 4.78 is 0. The number of rotatable bonds is 2. The van der Waals surface area contributed by atoms with E-state index in [1.165, 1.54) is 16.9 Å². The molecule has 0 bridgehead atoms. The Morgan fingerprint density at radius 3 is 2.89 bits per heavy atom. The van der Waals surface area contributed by atoms with Gasteiger partial charge in [-0.15, -0.1) is 11.3 Å². The lowest BCUT2D eigenvalue weighted by atomic mass is 9.92. The van der Waals surface area contributed by atoms with Gasteiger partial charge in [-0.2, -0.15) is 0 Å². The molecule has 4 heteroatoms. The van der Waals surface area contributed by atoms with Crippen LogP contribution in [-0.4, -0.2) is 23.2 Å². The average Bonchev–Trinajstić information content (AvgIpc) is 2.92. The number of carbonyl (C=O) groups excluding carboxylic acids is 1. The first-order valence-corrected chi connectivity index (χ1v) is 7.66. The predicted molar refractivity (Wildman–Crippen MR) is 72.1 cm³/mol. The molecule has 1 amide bonds. The molecule has 2 atom stereocenters. The summed E-state index contributed by atoms with van der Waals surface area (Å²) >= 11 is 1.63. The van der Waals surface area contributed by atoms with E-state index in [2.05, 4.69) is 5.32 Å². The largest absolute Gasteiger partial charge is 0.391 e. The molecule has 2 aliphatic rings. The second-order valence-electron chi connectivity index (χ2n) is 5.34. The van der Waals surface area contributed by atoms with Gasteiger partial charge in [0.2, 0.25) is 0 Å². The van der Waals surface area contributed by atoms with Crippen molar-refractivity contribution in [3.8, 4) is 0 Å². The van der Waals surface area contributed by atoms with E-state index in [4.69, 9.17) is 0 Å². The van der Waals surface area contributed by atoms with Gasteiger partial charge < -0.3 is 10.4 Å². The monoisotopic (exact) mass is 265 g/mol. The summed E-state index contributed by atoms with van der Waals surface area (Å²) in [6, 6.07) is 1.99. The summed E-state index contributed by atoms with van der Waals surface area (Å²) in [5.74, 6) is 0.000324. The van der Waals surface area contributed by atoms with Gasteiger partial charge in [-0.3, -0.25) is 4.79 Å². The summed E-state index contributed by atoms with van der Waals surface area (Å²) in [5.41, 5.74) is 1.36. The molecule has 0 aliphatic heterocycles. The van der Waals surface area contributed by atoms with E-state index in [0.717, 1.165) is 43.4 Å². The van der Waals surface area contributed by atoms with E-state index in [0.29, 0.717) is 0 Å². The van der Waals surface area contributed by atoms with Crippen molar-refractivity contribution in [2.45, 2.75) is 57.1 Å². The number of hydrogen-bond acceptors (Lipinski definition) is 3. The van der Waals surface area contributed by atoms with Crippen LogP contribution in [0.2, 0.25) is 0 Å². The Kier molecular flexibility index (Phi) is 3.39. The lowest BCUT2D eigenvalue weighted by Gasteiger charge is -2.28. The maximum atomic E-state index is 12.2. The maximum Gasteiger partial charge on any atom is 0.261 e. The van der Waals surface area contributed by atoms with Gasteiger partial charge in [-0.05, 0) is 43.7 Å². The quantitative estimate of drug-likeness (QED) is 0.862. The van der Waals surface area contributed by atoms with E-state index < -0.39 is 0 Å². The van der Waals surface area contributed by atoms with Gasteiger partial charge in [0, 0.05) is 4.88 Å². The molecule has 0 saturated heterocycles. The van der Waals surface area contributed by atoms with Crippen molar-refractivity contribution in [1.29, 1.82) is 0 Å². The number of carbonyl (C=O) groups is 1. The summed E-state index contributed by atoms with van der Waals surface area (Å²) in [7, 11) is 0. The maximum absolute atomic E-state index is 12.2. The standard InChI is InChI=1S/C14H19NO2S/c16-11-6-2-1-5-10(11)15-14(17)13-8-9-4-3-7-12(9)18-13/h8,10-11,16H,1-7H2,(H,15,17). The molecule has 2 aliphatic carbocycles. The highest BCUT2D eigenvalue weighted by Gasteiger charge is 2.26. The van der Waals surface area contributed by atoms with Gasteiger partial charge in [-0.25, -0.2) is 0 Å². The molecule has 0 spiro atoms. The van der Waals surface area contributed by atoms with Gasteiger partial charge in [0.25, 0.3) is 5.91 Å². The zero-order valence-electron chi connectivity index (χ0n) is 10.4. The molecule has 2 N–H and O–H groups in total. The number of aliphatic hydroxyl groups excluding tert-OH is 1. The Morgan fingerprint density at radius 1 is 1.28 bits per heavy atom. The Bertz CT molecular complexity index is 433. The van der Waals surface area contributed by atoms with Crippen molar-refractivity contribution in [2.24, 2.45) is 0 Å². The molecule has 0 radical (unpaired) electrons. The van der Waals surface area contributed by atoms with Crippen molar-refractivity contribution in [3.63, 3.8) is 0 Å². The van der Waals surface area contributed by atoms with Crippen molar-refractivity contribution >= 4 is 17.2 Å². The predicted octanol–water partition coefficient (Wildman–Crippen LogP) is 2.27. The number of aryl methyl sites for hydroxylation is 2. The molecule has 2 unspecified atom stereocenters. The molecule has 1 saturated carbocycles. The minimum absolute atomic E-state index is 0.000324. The highest BCUT2D eigenvalue weighted by atomic mass is 32.1. The Morgan fingerprint density at radius 2 is 2.11 bits per heavy atom. The lowest BCUT2D eigenvalue weighted by molar-refractivity contribution is 0.0720. The van der Waals surface area contributed by atoms with E-state index >= 15 is 0 Å². The molecule has 1 heterocycles. The molecule has 3 nitrogen and oxygen atoms in total. The zero-order valence-corrected chi connectivity index (χ0v) is 11.3. The molecule has 3 rings (SSSR count).